The number of hydrogen-bond acceptors (Lipinski definition) is 4. The van der Waals surface area contributed by atoms with Crippen LogP contribution in [0.1, 0.15) is 48.8 Å². The third-order valence-corrected chi connectivity index (χ3v) is 5.43. The van der Waals surface area contributed by atoms with Crippen molar-refractivity contribution in [2.24, 2.45) is 5.73 Å². The molecule has 0 fully saturated rings. The molecular weight excluding hydrogens is 332 g/mol. The van der Waals surface area contributed by atoms with Crippen LogP contribution in [0.5, 0.6) is 0 Å². The van der Waals surface area contributed by atoms with Gasteiger partial charge in [-0.1, -0.05) is 13.8 Å². The second-order valence-corrected chi connectivity index (χ2v) is 6.87. The molecule has 130 valence electrons. The van der Waals surface area contributed by atoms with Crippen LogP contribution in [0.4, 0.5) is 0 Å². The van der Waals surface area contributed by atoms with Gasteiger partial charge in [0.05, 0.1) is 17.0 Å². The Labute approximate surface area is 151 Å². The number of hydrogen-bond donors (Lipinski definition) is 1. The summed E-state index contributed by atoms with van der Waals surface area (Å²) in [7, 11) is 0. The Hall–Kier alpha value is -2.47. The van der Waals surface area contributed by atoms with Crippen LogP contribution in [0, 0.1) is 6.92 Å². The Morgan fingerprint density at radius 3 is 2.72 bits per heavy atom. The molecule has 3 aromatic heterocycles. The average molecular weight is 354 g/mol. The molecule has 0 unspecified atom stereocenters. The highest BCUT2D eigenvalue weighted by molar-refractivity contribution is 7.13. The van der Waals surface area contributed by atoms with Gasteiger partial charge in [0.15, 0.2) is 0 Å². The van der Waals surface area contributed by atoms with E-state index in [1.165, 1.54) is 0 Å². The van der Waals surface area contributed by atoms with Gasteiger partial charge >= 0.3 is 0 Å². The predicted octanol–water partition coefficient (Wildman–Crippen LogP) is 4.44. The quantitative estimate of drug-likeness (QED) is 0.711. The summed E-state index contributed by atoms with van der Waals surface area (Å²) in [4.78, 5) is 20.8. The van der Waals surface area contributed by atoms with Crippen LogP contribution >= 0.6 is 11.3 Å². The lowest BCUT2D eigenvalue weighted by atomic mass is 10.1. The molecule has 3 aromatic rings. The highest BCUT2D eigenvalue weighted by atomic mass is 32.1. The van der Waals surface area contributed by atoms with Crippen LogP contribution < -0.4 is 5.73 Å². The Balaban J connectivity index is 2.12. The molecule has 0 aromatic carbocycles. The van der Waals surface area contributed by atoms with Crippen molar-refractivity contribution >= 4 is 17.2 Å². The topological polar surface area (TPSA) is 73.8 Å². The van der Waals surface area contributed by atoms with Gasteiger partial charge in [-0.25, -0.2) is 4.98 Å². The molecule has 0 aliphatic rings. The van der Waals surface area contributed by atoms with E-state index in [1.54, 1.807) is 17.5 Å². The highest BCUT2D eigenvalue weighted by Gasteiger charge is 2.22. The Kier molecular flexibility index (Phi) is 4.99. The maximum atomic E-state index is 11.8. The number of amides is 1. The van der Waals surface area contributed by atoms with Gasteiger partial charge < -0.3 is 10.3 Å². The van der Waals surface area contributed by atoms with Gasteiger partial charge in [0, 0.05) is 35.1 Å². The van der Waals surface area contributed by atoms with E-state index < -0.39 is 5.91 Å². The largest absolute Gasteiger partial charge is 0.366 e. The summed E-state index contributed by atoms with van der Waals surface area (Å²) < 4.78 is 2.21. The number of aromatic nitrogens is 3. The summed E-state index contributed by atoms with van der Waals surface area (Å²) in [6.45, 7) is 6.27. The van der Waals surface area contributed by atoms with Crippen LogP contribution in [0.25, 0.3) is 22.0 Å². The predicted molar refractivity (Wildman–Crippen MR) is 102 cm³/mol. The number of thiazole rings is 1. The molecule has 0 atom stereocenters. The first-order valence-corrected chi connectivity index (χ1v) is 9.32. The zero-order valence-corrected chi connectivity index (χ0v) is 15.5. The van der Waals surface area contributed by atoms with Crippen molar-refractivity contribution in [3.8, 4) is 22.0 Å². The molecule has 3 heterocycles. The Morgan fingerprint density at radius 2 is 2.12 bits per heavy atom. The third kappa shape index (κ3) is 3.22. The smallest absolute Gasteiger partial charge is 0.250 e. The van der Waals surface area contributed by atoms with Crippen molar-refractivity contribution in [3.05, 3.63) is 47.2 Å². The number of primary amides is 1. The standard InChI is InChI=1S/C19H22N4OS/c1-4-14(5-2)23-12(3)15(18(20)24)9-17(23)16-11-25-19(22-16)13-7-6-8-21-10-13/h6-11,14H,4-5H2,1-3H3,(H2,20,24). The minimum Gasteiger partial charge on any atom is -0.366 e. The van der Waals surface area contributed by atoms with Gasteiger partial charge in [-0.3, -0.25) is 9.78 Å². The van der Waals surface area contributed by atoms with Crippen LogP contribution in [0.15, 0.2) is 36.0 Å². The second-order valence-electron chi connectivity index (χ2n) is 6.01. The van der Waals surface area contributed by atoms with E-state index >= 15 is 0 Å². The Morgan fingerprint density at radius 1 is 1.36 bits per heavy atom. The van der Waals surface area contributed by atoms with Crippen molar-refractivity contribution in [1.29, 1.82) is 0 Å². The van der Waals surface area contributed by atoms with E-state index in [1.807, 2.05) is 36.7 Å². The molecule has 0 spiro atoms. The van der Waals surface area contributed by atoms with E-state index in [9.17, 15) is 4.79 Å². The Bertz CT molecular complexity index is 878. The summed E-state index contributed by atoms with van der Waals surface area (Å²) in [6, 6.07) is 6.08. The van der Waals surface area contributed by atoms with Gasteiger partial charge in [0.25, 0.3) is 5.91 Å². The van der Waals surface area contributed by atoms with Gasteiger partial charge in [-0.05, 0) is 38.0 Å². The molecule has 5 nitrogen and oxygen atoms in total. The number of carbonyl (C=O) groups excluding carboxylic acids is 1. The van der Waals surface area contributed by atoms with Crippen LogP contribution in [-0.2, 0) is 0 Å². The number of pyridine rings is 1. The fourth-order valence-electron chi connectivity index (χ4n) is 3.21. The molecule has 0 saturated carbocycles. The van der Waals surface area contributed by atoms with Crippen molar-refractivity contribution in [1.82, 2.24) is 14.5 Å². The molecule has 3 rings (SSSR count). The van der Waals surface area contributed by atoms with E-state index in [0.29, 0.717) is 11.6 Å². The van der Waals surface area contributed by atoms with Gasteiger partial charge in [-0.2, -0.15) is 0 Å². The van der Waals surface area contributed by atoms with Crippen LogP contribution in [-0.4, -0.2) is 20.4 Å². The lowest BCUT2D eigenvalue weighted by molar-refractivity contribution is 0.0999. The minimum atomic E-state index is -0.397. The van der Waals surface area contributed by atoms with E-state index in [-0.39, 0.29) is 0 Å². The first kappa shape index (κ1) is 17.4. The molecule has 2 N–H and O–H groups in total. The first-order valence-electron chi connectivity index (χ1n) is 8.44. The molecule has 25 heavy (non-hydrogen) atoms. The van der Waals surface area contributed by atoms with E-state index in [2.05, 4.69) is 23.4 Å². The van der Waals surface area contributed by atoms with Crippen molar-refractivity contribution in [3.63, 3.8) is 0 Å². The zero-order valence-electron chi connectivity index (χ0n) is 14.7. The van der Waals surface area contributed by atoms with Crippen LogP contribution in [0.2, 0.25) is 0 Å². The van der Waals surface area contributed by atoms with Crippen molar-refractivity contribution in [2.45, 2.75) is 39.7 Å². The van der Waals surface area contributed by atoms with Crippen LogP contribution in [0.3, 0.4) is 0 Å². The molecular formula is C19H22N4OS. The normalized spacial score (nSPS) is 11.2. The summed E-state index contributed by atoms with van der Waals surface area (Å²) >= 11 is 1.58. The second kappa shape index (κ2) is 7.19. The molecule has 6 heteroatoms. The number of nitrogens with two attached hydrogens (primary N) is 1. The zero-order chi connectivity index (χ0) is 18.0. The summed E-state index contributed by atoms with van der Waals surface area (Å²) in [5, 5.41) is 2.94. The van der Waals surface area contributed by atoms with Gasteiger partial charge in [-0.15, -0.1) is 11.3 Å². The summed E-state index contributed by atoms with van der Waals surface area (Å²) in [5.74, 6) is -0.397. The van der Waals surface area contributed by atoms with E-state index in [0.717, 1.165) is 40.5 Å². The highest BCUT2D eigenvalue weighted by Crippen LogP contribution is 2.34. The van der Waals surface area contributed by atoms with Crippen molar-refractivity contribution in [2.75, 3.05) is 0 Å². The molecule has 0 radical (unpaired) electrons. The maximum absolute atomic E-state index is 11.8. The lowest BCUT2D eigenvalue weighted by Gasteiger charge is -2.20. The summed E-state index contributed by atoms with van der Waals surface area (Å²) in [5.41, 5.74) is 9.86. The van der Waals surface area contributed by atoms with Crippen molar-refractivity contribution < 1.29 is 4.79 Å². The fraction of sp³-hybridized carbons (Fsp3) is 0.316. The SMILES string of the molecule is CCC(CC)n1c(-c2csc(-c3cccnc3)n2)cc(C(N)=O)c1C. The van der Waals surface area contributed by atoms with Gasteiger partial charge in [0.2, 0.25) is 0 Å². The maximum Gasteiger partial charge on any atom is 0.250 e. The van der Waals surface area contributed by atoms with E-state index in [4.69, 9.17) is 10.7 Å². The molecule has 0 aliphatic heterocycles. The number of rotatable bonds is 6. The average Bonchev–Trinajstić information content (AvgIpc) is 3.23. The molecule has 0 bridgehead atoms. The van der Waals surface area contributed by atoms with Gasteiger partial charge in [0.1, 0.15) is 5.01 Å². The first-order chi connectivity index (χ1) is 12.1. The third-order valence-electron chi connectivity index (χ3n) is 4.54. The molecule has 0 aliphatic carbocycles. The molecule has 0 saturated heterocycles. The fourth-order valence-corrected chi connectivity index (χ4v) is 4.01. The minimum absolute atomic E-state index is 0.312. The number of nitrogens with zero attached hydrogens (tertiary/aromatic N) is 3. The molecule has 1 amide bonds. The number of carbonyl (C=O) groups is 1. The summed E-state index contributed by atoms with van der Waals surface area (Å²) in [6.07, 6.45) is 5.52. The monoisotopic (exact) mass is 354 g/mol. The lowest BCUT2D eigenvalue weighted by Crippen LogP contribution is -2.14.